The van der Waals surface area contributed by atoms with Gasteiger partial charge in [-0.15, -0.1) is 0 Å². The fraction of sp³-hybridized carbons (Fsp3) is 0.125. The Bertz CT molecular complexity index is 1020. The van der Waals surface area contributed by atoms with E-state index in [1.807, 2.05) is 74.5 Å². The zero-order valence-electron chi connectivity index (χ0n) is 16.9. The molecule has 0 aliphatic heterocycles. The van der Waals surface area contributed by atoms with Gasteiger partial charge in [0.15, 0.2) is 0 Å². The lowest BCUT2D eigenvalue weighted by molar-refractivity contribution is -0.136. The van der Waals surface area contributed by atoms with E-state index < -0.39 is 11.8 Å². The first-order chi connectivity index (χ1) is 14.5. The number of rotatable bonds is 6. The molecular formula is C24H23N3O3. The maximum Gasteiger partial charge on any atom is 0.329 e. The van der Waals surface area contributed by atoms with E-state index in [2.05, 4.69) is 15.8 Å². The molecule has 3 rings (SSSR count). The Kier molecular flexibility index (Phi) is 6.95. The highest BCUT2D eigenvalue weighted by Crippen LogP contribution is 2.14. The van der Waals surface area contributed by atoms with E-state index in [0.717, 1.165) is 22.4 Å². The molecule has 152 valence electrons. The Hall–Kier alpha value is -3.93. The molecule has 2 N–H and O–H groups in total. The van der Waals surface area contributed by atoms with Crippen molar-refractivity contribution in [2.45, 2.75) is 20.5 Å². The third kappa shape index (κ3) is 6.31. The van der Waals surface area contributed by atoms with E-state index in [9.17, 15) is 9.59 Å². The summed E-state index contributed by atoms with van der Waals surface area (Å²) in [5, 5.41) is 6.34. The van der Waals surface area contributed by atoms with Crippen LogP contribution < -0.4 is 15.5 Å². The third-order valence-corrected chi connectivity index (χ3v) is 4.30. The molecule has 3 aromatic rings. The smallest absolute Gasteiger partial charge is 0.329 e. The second kappa shape index (κ2) is 10.0. The van der Waals surface area contributed by atoms with Crippen molar-refractivity contribution in [1.82, 2.24) is 5.43 Å². The van der Waals surface area contributed by atoms with E-state index in [1.54, 1.807) is 12.1 Å². The van der Waals surface area contributed by atoms with Gasteiger partial charge in [0.25, 0.3) is 0 Å². The van der Waals surface area contributed by atoms with E-state index in [4.69, 9.17) is 4.74 Å². The van der Waals surface area contributed by atoms with Crippen LogP contribution in [0.25, 0.3) is 0 Å². The number of hydrogen-bond donors (Lipinski definition) is 2. The minimum atomic E-state index is -0.843. The number of amides is 2. The highest BCUT2D eigenvalue weighted by Gasteiger charge is 2.12. The quantitative estimate of drug-likeness (QED) is 0.373. The number of anilines is 1. The third-order valence-electron chi connectivity index (χ3n) is 4.30. The number of nitrogens with zero attached hydrogens (tertiary/aromatic N) is 1. The van der Waals surface area contributed by atoms with Crippen LogP contribution in [-0.2, 0) is 16.2 Å². The predicted octanol–water partition coefficient (Wildman–Crippen LogP) is 3.97. The zero-order valence-corrected chi connectivity index (χ0v) is 16.9. The summed E-state index contributed by atoms with van der Waals surface area (Å²) in [7, 11) is 0. The van der Waals surface area contributed by atoms with Gasteiger partial charge in [0.05, 0.1) is 6.21 Å². The predicted molar refractivity (Wildman–Crippen MR) is 117 cm³/mol. The molecule has 0 heterocycles. The summed E-state index contributed by atoms with van der Waals surface area (Å²) in [4.78, 5) is 23.7. The van der Waals surface area contributed by atoms with Gasteiger partial charge < -0.3 is 10.1 Å². The van der Waals surface area contributed by atoms with E-state index in [0.29, 0.717) is 12.3 Å². The Morgan fingerprint density at radius 2 is 1.43 bits per heavy atom. The molecule has 30 heavy (non-hydrogen) atoms. The highest BCUT2D eigenvalue weighted by molar-refractivity contribution is 6.39. The van der Waals surface area contributed by atoms with Crippen LogP contribution >= 0.6 is 0 Å². The van der Waals surface area contributed by atoms with Gasteiger partial charge in [-0.3, -0.25) is 9.59 Å². The molecule has 0 bridgehead atoms. The largest absolute Gasteiger partial charge is 0.489 e. The summed E-state index contributed by atoms with van der Waals surface area (Å²) < 4.78 is 5.76. The van der Waals surface area contributed by atoms with Crippen molar-refractivity contribution in [3.63, 3.8) is 0 Å². The van der Waals surface area contributed by atoms with Gasteiger partial charge in [0.2, 0.25) is 0 Å². The van der Waals surface area contributed by atoms with E-state index in [-0.39, 0.29) is 0 Å². The van der Waals surface area contributed by atoms with Gasteiger partial charge in [-0.05, 0) is 61.4 Å². The lowest BCUT2D eigenvalue weighted by Gasteiger charge is -2.07. The van der Waals surface area contributed by atoms with Crippen molar-refractivity contribution in [3.05, 3.63) is 95.1 Å². The van der Waals surface area contributed by atoms with Gasteiger partial charge in [0.1, 0.15) is 12.4 Å². The first-order valence-electron chi connectivity index (χ1n) is 9.49. The van der Waals surface area contributed by atoms with Crippen LogP contribution in [0.4, 0.5) is 5.69 Å². The molecule has 0 aliphatic rings. The molecule has 2 amide bonds. The molecule has 0 spiro atoms. The molecule has 0 saturated heterocycles. The van der Waals surface area contributed by atoms with Crippen LogP contribution in [0.5, 0.6) is 5.75 Å². The Morgan fingerprint density at radius 1 is 0.833 bits per heavy atom. The molecule has 0 radical (unpaired) electrons. The van der Waals surface area contributed by atoms with Crippen molar-refractivity contribution in [1.29, 1.82) is 0 Å². The molecule has 6 nitrogen and oxygen atoms in total. The molecule has 0 unspecified atom stereocenters. The number of hydrazone groups is 1. The van der Waals surface area contributed by atoms with Crippen molar-refractivity contribution in [2.75, 3.05) is 5.32 Å². The molecule has 3 aromatic carbocycles. The van der Waals surface area contributed by atoms with Crippen LogP contribution in [0, 0.1) is 13.8 Å². The molecule has 0 fully saturated rings. The first-order valence-corrected chi connectivity index (χ1v) is 9.49. The fourth-order valence-corrected chi connectivity index (χ4v) is 2.54. The number of benzene rings is 3. The molecule has 0 saturated carbocycles. The number of ether oxygens (including phenoxy) is 1. The van der Waals surface area contributed by atoms with Crippen LogP contribution in [0.15, 0.2) is 77.9 Å². The standard InChI is InChI=1S/C24H23N3O3/c1-17-3-7-20(8-4-17)16-30-22-13-9-19(10-14-22)15-25-27-24(29)23(28)26-21-11-5-18(2)6-12-21/h3-15H,16H2,1-2H3,(H,26,28)(H,27,29)/b25-15-. The summed E-state index contributed by atoms with van der Waals surface area (Å²) in [5.41, 5.74) is 6.89. The number of nitrogens with one attached hydrogen (secondary N) is 2. The van der Waals surface area contributed by atoms with Crippen molar-refractivity contribution in [3.8, 4) is 5.75 Å². The average Bonchev–Trinajstić information content (AvgIpc) is 2.76. The summed E-state index contributed by atoms with van der Waals surface area (Å²) in [5.74, 6) is -0.894. The molecule has 0 aromatic heterocycles. The fourth-order valence-electron chi connectivity index (χ4n) is 2.54. The second-order valence-electron chi connectivity index (χ2n) is 6.86. The van der Waals surface area contributed by atoms with Gasteiger partial charge in [-0.1, -0.05) is 47.5 Å². The Labute approximate surface area is 175 Å². The average molecular weight is 401 g/mol. The second-order valence-corrected chi connectivity index (χ2v) is 6.86. The van der Waals surface area contributed by atoms with Crippen molar-refractivity contribution in [2.24, 2.45) is 5.10 Å². The topological polar surface area (TPSA) is 79.8 Å². The first kappa shape index (κ1) is 20.8. The van der Waals surface area contributed by atoms with Crippen molar-refractivity contribution < 1.29 is 14.3 Å². The van der Waals surface area contributed by atoms with Crippen LogP contribution in [-0.4, -0.2) is 18.0 Å². The molecule has 0 atom stereocenters. The number of aryl methyl sites for hydroxylation is 2. The Morgan fingerprint density at radius 3 is 2.07 bits per heavy atom. The number of carbonyl (C=O) groups is 2. The molecule has 6 heteroatoms. The lowest BCUT2D eigenvalue weighted by atomic mass is 10.2. The van der Waals surface area contributed by atoms with E-state index in [1.165, 1.54) is 11.8 Å². The zero-order chi connectivity index (χ0) is 21.3. The summed E-state index contributed by atoms with van der Waals surface area (Å²) >= 11 is 0. The number of hydrogen-bond acceptors (Lipinski definition) is 4. The van der Waals surface area contributed by atoms with Crippen LogP contribution in [0.1, 0.15) is 22.3 Å². The monoisotopic (exact) mass is 401 g/mol. The summed E-state index contributed by atoms with van der Waals surface area (Å²) in [6, 6.07) is 22.6. The molecular weight excluding hydrogens is 378 g/mol. The minimum absolute atomic E-state index is 0.486. The lowest BCUT2D eigenvalue weighted by Crippen LogP contribution is -2.32. The van der Waals surface area contributed by atoms with Crippen molar-refractivity contribution >= 4 is 23.7 Å². The SMILES string of the molecule is Cc1ccc(COc2ccc(/C=N\NC(=O)C(=O)Nc3ccc(C)cc3)cc2)cc1. The van der Waals surface area contributed by atoms with E-state index >= 15 is 0 Å². The van der Waals surface area contributed by atoms with Crippen LogP contribution in [0.3, 0.4) is 0 Å². The maximum atomic E-state index is 11.9. The maximum absolute atomic E-state index is 11.9. The van der Waals surface area contributed by atoms with Gasteiger partial charge in [0, 0.05) is 5.69 Å². The highest BCUT2D eigenvalue weighted by atomic mass is 16.5. The summed E-state index contributed by atoms with van der Waals surface area (Å²) in [6.07, 6.45) is 1.46. The van der Waals surface area contributed by atoms with Gasteiger partial charge >= 0.3 is 11.8 Å². The normalized spacial score (nSPS) is 10.6. The Balaban J connectivity index is 1.46. The van der Waals surface area contributed by atoms with Gasteiger partial charge in [-0.25, -0.2) is 5.43 Å². The van der Waals surface area contributed by atoms with Crippen LogP contribution in [0.2, 0.25) is 0 Å². The summed E-state index contributed by atoms with van der Waals surface area (Å²) in [6.45, 7) is 4.47. The van der Waals surface area contributed by atoms with Gasteiger partial charge in [-0.2, -0.15) is 5.10 Å². The minimum Gasteiger partial charge on any atom is -0.489 e. The number of carbonyl (C=O) groups excluding carboxylic acids is 2. The molecule has 0 aliphatic carbocycles.